The van der Waals surface area contributed by atoms with Gasteiger partial charge in [0, 0.05) is 27.7 Å². The third kappa shape index (κ3) is 7.95. The molecule has 13 nitrogen and oxygen atoms in total. The smallest absolute Gasteiger partial charge is 0.303 e. The van der Waals surface area contributed by atoms with Gasteiger partial charge in [-0.2, -0.15) is 13.2 Å². The number of carbonyl (C=O) groups is 4. The number of sulfonamides is 1. The Bertz CT molecular complexity index is 1100. The lowest BCUT2D eigenvalue weighted by molar-refractivity contribution is -0.200. The molecule has 0 aromatic heterocycles. The Kier molecular flexibility index (Phi) is 9.17. The lowest BCUT2D eigenvalue weighted by Crippen LogP contribution is -2.61. The molecule has 0 amide bonds. The van der Waals surface area contributed by atoms with Crippen molar-refractivity contribution in [2.75, 3.05) is 6.61 Å². The summed E-state index contributed by atoms with van der Waals surface area (Å²) >= 11 is 0. The quantitative estimate of drug-likeness (QED) is 0.288. The number of esters is 4. The fraction of sp³-hybridized carbons (Fsp3) is 0.476. The standard InChI is InChI=1S/C21H26N2O11S/c1-11-6-8-16(9-7-11)35(28,29)23-22-21-20(33-15(5)27)19(32-14(4)26)18(31-13(3)25)17(34-21)10-30-12(2)24/h6-9,17-20,23H,10H2,1-5H3/b22-21-/t17-,18-,19+,20-/m1/s1. The number of hydrazone groups is 1. The summed E-state index contributed by atoms with van der Waals surface area (Å²) in [6, 6.07) is 5.86. The topological polar surface area (TPSA) is 173 Å². The van der Waals surface area contributed by atoms with Crippen LogP contribution < -0.4 is 4.83 Å². The highest BCUT2D eigenvalue weighted by Gasteiger charge is 2.51. The molecule has 1 aromatic rings. The van der Waals surface area contributed by atoms with Gasteiger partial charge in [0.1, 0.15) is 6.61 Å². The molecule has 14 heteroatoms. The van der Waals surface area contributed by atoms with Gasteiger partial charge in [-0.25, -0.2) is 0 Å². The molecule has 192 valence electrons. The van der Waals surface area contributed by atoms with Gasteiger partial charge in [0.15, 0.2) is 18.3 Å². The molecule has 1 saturated heterocycles. The Labute approximate surface area is 201 Å². The van der Waals surface area contributed by atoms with Crippen molar-refractivity contribution >= 4 is 39.8 Å². The molecule has 1 aliphatic rings. The van der Waals surface area contributed by atoms with Crippen molar-refractivity contribution < 1.29 is 51.3 Å². The third-order valence-electron chi connectivity index (χ3n) is 4.46. The van der Waals surface area contributed by atoms with E-state index in [4.69, 9.17) is 23.7 Å². The van der Waals surface area contributed by atoms with E-state index in [1.807, 2.05) is 4.83 Å². The molecule has 0 bridgehead atoms. The van der Waals surface area contributed by atoms with Crippen molar-refractivity contribution in [1.82, 2.24) is 4.83 Å². The number of benzene rings is 1. The summed E-state index contributed by atoms with van der Waals surface area (Å²) in [5.41, 5.74) is 0.829. The molecule has 0 spiro atoms. The van der Waals surface area contributed by atoms with Crippen LogP contribution in [0.4, 0.5) is 0 Å². The van der Waals surface area contributed by atoms with E-state index >= 15 is 0 Å². The number of carbonyl (C=O) groups excluding carboxylic acids is 4. The average molecular weight is 515 g/mol. The van der Waals surface area contributed by atoms with Crippen LogP contribution in [0.15, 0.2) is 34.3 Å². The van der Waals surface area contributed by atoms with Gasteiger partial charge in [-0.05, 0) is 19.1 Å². The zero-order valence-electron chi connectivity index (χ0n) is 19.7. The average Bonchev–Trinajstić information content (AvgIpc) is 2.73. The molecule has 1 N–H and O–H groups in total. The maximum atomic E-state index is 12.7. The Morgan fingerprint density at radius 2 is 1.43 bits per heavy atom. The van der Waals surface area contributed by atoms with Gasteiger partial charge in [0.2, 0.25) is 6.10 Å². The van der Waals surface area contributed by atoms with Gasteiger partial charge >= 0.3 is 23.9 Å². The number of aryl methyl sites for hydroxylation is 1. The van der Waals surface area contributed by atoms with Gasteiger partial charge < -0.3 is 23.7 Å². The summed E-state index contributed by atoms with van der Waals surface area (Å²) < 4.78 is 51.6. The predicted octanol–water partition coefficient (Wildman–Crippen LogP) is 0.344. The Hall–Kier alpha value is -3.68. The summed E-state index contributed by atoms with van der Waals surface area (Å²) in [4.78, 5) is 48.5. The van der Waals surface area contributed by atoms with Crippen LogP contribution in [0.1, 0.15) is 33.3 Å². The van der Waals surface area contributed by atoms with Gasteiger partial charge in [-0.1, -0.05) is 17.7 Å². The molecule has 1 aromatic carbocycles. The van der Waals surface area contributed by atoms with Crippen molar-refractivity contribution in [3.05, 3.63) is 29.8 Å². The number of ether oxygens (including phenoxy) is 5. The van der Waals surface area contributed by atoms with Gasteiger partial charge in [0.25, 0.3) is 15.9 Å². The van der Waals surface area contributed by atoms with Gasteiger partial charge in [0.05, 0.1) is 4.90 Å². The largest absolute Gasteiger partial charge is 0.466 e. The van der Waals surface area contributed by atoms with E-state index in [0.29, 0.717) is 0 Å². The SMILES string of the molecule is CC(=O)OC[C@H]1O/C(=N\NS(=O)(=O)c2ccc(C)cc2)[C@H](OC(C)=O)[C@@H](OC(C)=O)[C@@H]1OC(C)=O. The molecular weight excluding hydrogens is 488 g/mol. The number of nitrogens with one attached hydrogen (secondary N) is 1. The summed E-state index contributed by atoms with van der Waals surface area (Å²) in [5, 5.41) is 3.74. The van der Waals surface area contributed by atoms with Crippen LogP contribution in [0, 0.1) is 6.92 Å². The van der Waals surface area contributed by atoms with E-state index in [1.165, 1.54) is 12.1 Å². The molecule has 1 aliphatic heterocycles. The molecule has 4 atom stereocenters. The van der Waals surface area contributed by atoms with Crippen LogP contribution in [0.3, 0.4) is 0 Å². The zero-order valence-corrected chi connectivity index (χ0v) is 20.5. The van der Waals surface area contributed by atoms with Crippen molar-refractivity contribution in [3.8, 4) is 0 Å². The van der Waals surface area contributed by atoms with Crippen LogP contribution in [0.25, 0.3) is 0 Å². The Morgan fingerprint density at radius 3 is 1.94 bits per heavy atom. The van der Waals surface area contributed by atoms with Crippen LogP contribution in [0.2, 0.25) is 0 Å². The summed E-state index contributed by atoms with van der Waals surface area (Å²) in [7, 11) is -4.18. The maximum absolute atomic E-state index is 12.7. The summed E-state index contributed by atoms with van der Waals surface area (Å²) in [6.07, 6.45) is -5.79. The number of hydrogen-bond donors (Lipinski definition) is 1. The zero-order chi connectivity index (χ0) is 26.3. The number of hydrogen-bond acceptors (Lipinski definition) is 12. The lowest BCUT2D eigenvalue weighted by atomic mass is 9.98. The second-order valence-electron chi connectivity index (χ2n) is 7.49. The second kappa shape index (κ2) is 11.6. The van der Waals surface area contributed by atoms with Gasteiger partial charge in [-0.3, -0.25) is 19.2 Å². The minimum atomic E-state index is -4.18. The van der Waals surface area contributed by atoms with Crippen molar-refractivity contribution in [1.29, 1.82) is 0 Å². The van der Waals surface area contributed by atoms with E-state index in [2.05, 4.69) is 5.10 Å². The van der Waals surface area contributed by atoms with E-state index in [-0.39, 0.29) is 4.90 Å². The first-order valence-corrected chi connectivity index (χ1v) is 11.8. The fourth-order valence-electron chi connectivity index (χ4n) is 3.06. The molecule has 2 rings (SSSR count). The second-order valence-corrected chi connectivity index (χ2v) is 9.16. The molecule has 1 heterocycles. The minimum absolute atomic E-state index is 0.113. The van der Waals surface area contributed by atoms with E-state index in [0.717, 1.165) is 33.3 Å². The highest BCUT2D eigenvalue weighted by atomic mass is 32.2. The van der Waals surface area contributed by atoms with E-state index < -0.39 is 70.8 Å². The van der Waals surface area contributed by atoms with Crippen molar-refractivity contribution in [3.63, 3.8) is 0 Å². The van der Waals surface area contributed by atoms with E-state index in [1.54, 1.807) is 19.1 Å². The fourth-order valence-corrected chi connectivity index (χ4v) is 3.87. The molecule has 1 fully saturated rings. The lowest BCUT2D eigenvalue weighted by Gasteiger charge is -2.40. The Balaban J connectivity index is 2.51. The first-order chi connectivity index (χ1) is 16.3. The predicted molar refractivity (Wildman–Crippen MR) is 117 cm³/mol. The summed E-state index contributed by atoms with van der Waals surface area (Å²) in [6.45, 7) is 5.60. The minimum Gasteiger partial charge on any atom is -0.466 e. The summed E-state index contributed by atoms with van der Waals surface area (Å²) in [5.74, 6) is -3.71. The van der Waals surface area contributed by atoms with Gasteiger partial charge in [-0.15, -0.1) is 5.10 Å². The van der Waals surface area contributed by atoms with Crippen LogP contribution in [0.5, 0.6) is 0 Å². The maximum Gasteiger partial charge on any atom is 0.303 e. The van der Waals surface area contributed by atoms with E-state index in [9.17, 15) is 27.6 Å². The highest BCUT2D eigenvalue weighted by Crippen LogP contribution is 2.27. The molecule has 0 radical (unpaired) electrons. The first-order valence-electron chi connectivity index (χ1n) is 10.3. The molecular formula is C21H26N2O11S. The third-order valence-corrected chi connectivity index (χ3v) is 5.68. The van der Waals surface area contributed by atoms with Crippen molar-refractivity contribution in [2.24, 2.45) is 5.10 Å². The first kappa shape index (κ1) is 27.6. The molecule has 0 saturated carbocycles. The van der Waals surface area contributed by atoms with Crippen LogP contribution in [-0.4, -0.2) is 69.2 Å². The Morgan fingerprint density at radius 1 is 0.886 bits per heavy atom. The molecule has 35 heavy (non-hydrogen) atoms. The monoisotopic (exact) mass is 514 g/mol. The molecule has 0 unspecified atom stereocenters. The van der Waals surface area contributed by atoms with Crippen LogP contribution >= 0.6 is 0 Å². The number of rotatable bonds is 8. The molecule has 0 aliphatic carbocycles. The highest BCUT2D eigenvalue weighted by molar-refractivity contribution is 7.89. The number of nitrogens with zero attached hydrogens (tertiary/aromatic N) is 1. The normalized spacial score (nSPS) is 22.9. The van der Waals surface area contributed by atoms with Crippen molar-refractivity contribution in [2.45, 2.75) is 63.9 Å². The van der Waals surface area contributed by atoms with Crippen LogP contribution in [-0.2, 0) is 52.9 Å².